The van der Waals surface area contributed by atoms with Crippen LogP contribution in [0.2, 0.25) is 5.02 Å². The molecule has 1 unspecified atom stereocenters. The molecule has 2 aromatic carbocycles. The molecule has 1 atom stereocenters. The van der Waals surface area contributed by atoms with Gasteiger partial charge in [0.1, 0.15) is 17.4 Å². The summed E-state index contributed by atoms with van der Waals surface area (Å²) in [5, 5.41) is 13.6. The van der Waals surface area contributed by atoms with Crippen LogP contribution in [-0.4, -0.2) is 39.4 Å². The van der Waals surface area contributed by atoms with Gasteiger partial charge in [0.15, 0.2) is 6.10 Å². The van der Waals surface area contributed by atoms with E-state index in [2.05, 4.69) is 5.10 Å². The van der Waals surface area contributed by atoms with E-state index >= 15 is 0 Å². The van der Waals surface area contributed by atoms with Gasteiger partial charge in [-0.15, -0.1) is 0 Å². The predicted octanol–water partition coefficient (Wildman–Crippen LogP) is 4.93. The van der Waals surface area contributed by atoms with Gasteiger partial charge in [-0.3, -0.25) is 4.79 Å². The van der Waals surface area contributed by atoms with Crippen molar-refractivity contribution in [3.8, 4) is 17.5 Å². The molecule has 0 spiro atoms. The number of nitrogens with zero attached hydrogens (tertiary/aromatic N) is 4. The zero-order valence-corrected chi connectivity index (χ0v) is 18.2. The van der Waals surface area contributed by atoms with Gasteiger partial charge in [-0.1, -0.05) is 29.8 Å². The molecule has 0 N–H and O–H groups in total. The van der Waals surface area contributed by atoms with Crippen LogP contribution in [0.4, 0.5) is 13.2 Å². The molecule has 1 aliphatic heterocycles. The quantitative estimate of drug-likeness (QED) is 0.538. The number of carbonyl (C=O) groups is 1. The van der Waals surface area contributed by atoms with Gasteiger partial charge in [-0.05, 0) is 31.2 Å². The summed E-state index contributed by atoms with van der Waals surface area (Å²) in [7, 11) is 0. The highest BCUT2D eigenvalue weighted by molar-refractivity contribution is 6.35. The lowest BCUT2D eigenvalue weighted by Gasteiger charge is -2.28. The number of benzene rings is 2. The van der Waals surface area contributed by atoms with Crippen LogP contribution in [0.3, 0.4) is 0 Å². The number of amides is 1. The van der Waals surface area contributed by atoms with Gasteiger partial charge in [-0.25, -0.2) is 4.68 Å². The van der Waals surface area contributed by atoms with Crippen molar-refractivity contribution in [2.24, 2.45) is 0 Å². The first-order valence-electron chi connectivity index (χ1n) is 10.1. The summed E-state index contributed by atoms with van der Waals surface area (Å²) in [5.74, 6) is -0.931. The van der Waals surface area contributed by atoms with E-state index in [9.17, 15) is 23.2 Å². The summed E-state index contributed by atoms with van der Waals surface area (Å²) in [5.41, 5.74) is 2.23. The molecule has 0 saturated carbocycles. The maximum Gasteiger partial charge on any atom is 0.425 e. The molecule has 3 aromatic rings. The van der Waals surface area contributed by atoms with E-state index in [-0.39, 0.29) is 28.4 Å². The zero-order chi connectivity index (χ0) is 23.8. The van der Waals surface area contributed by atoms with E-state index in [1.165, 1.54) is 17.0 Å². The van der Waals surface area contributed by atoms with Gasteiger partial charge in [-0.2, -0.15) is 23.5 Å². The summed E-state index contributed by atoms with van der Waals surface area (Å²) in [6.45, 7) is 1.33. The van der Waals surface area contributed by atoms with Crippen LogP contribution >= 0.6 is 11.6 Å². The van der Waals surface area contributed by atoms with Gasteiger partial charge >= 0.3 is 6.18 Å². The molecule has 1 aromatic heterocycles. The fourth-order valence-corrected chi connectivity index (χ4v) is 3.84. The molecule has 1 aliphatic rings. The second kappa shape index (κ2) is 8.79. The third-order valence-corrected chi connectivity index (χ3v) is 5.76. The Morgan fingerprint density at radius 2 is 1.97 bits per heavy atom. The lowest BCUT2D eigenvalue weighted by Crippen LogP contribution is -2.37. The molecule has 0 bridgehead atoms. The first-order valence-corrected chi connectivity index (χ1v) is 10.4. The Morgan fingerprint density at radius 1 is 1.24 bits per heavy atom. The van der Waals surface area contributed by atoms with E-state index in [0.717, 1.165) is 23.9 Å². The highest BCUT2D eigenvalue weighted by Gasteiger charge is 2.39. The van der Waals surface area contributed by atoms with E-state index in [0.29, 0.717) is 13.0 Å². The second-order valence-electron chi connectivity index (χ2n) is 7.57. The van der Waals surface area contributed by atoms with Crippen molar-refractivity contribution in [2.45, 2.75) is 32.2 Å². The van der Waals surface area contributed by atoms with Crippen molar-refractivity contribution in [2.75, 3.05) is 6.54 Å². The number of fused-ring (bicyclic) bond motifs is 1. The van der Waals surface area contributed by atoms with E-state index in [1.54, 1.807) is 4.68 Å². The molecule has 4 rings (SSSR count). The molecule has 0 radical (unpaired) electrons. The van der Waals surface area contributed by atoms with Gasteiger partial charge in [0, 0.05) is 31.3 Å². The first kappa shape index (κ1) is 22.7. The molecule has 33 heavy (non-hydrogen) atoms. The minimum Gasteiger partial charge on any atom is -0.480 e. The normalized spacial score (nSPS) is 14.4. The molecule has 1 amide bonds. The Hall–Kier alpha value is -3.51. The van der Waals surface area contributed by atoms with Crippen molar-refractivity contribution in [3.63, 3.8) is 0 Å². The molecule has 0 saturated heterocycles. The number of rotatable bonds is 4. The maximum absolute atomic E-state index is 13.4. The van der Waals surface area contributed by atoms with Crippen molar-refractivity contribution < 1.29 is 22.7 Å². The number of ether oxygens (including phenoxy) is 1. The number of halogens is 4. The van der Waals surface area contributed by atoms with Crippen LogP contribution < -0.4 is 4.74 Å². The molecule has 0 aliphatic carbocycles. The zero-order valence-electron chi connectivity index (χ0n) is 17.4. The predicted molar refractivity (Wildman–Crippen MR) is 114 cm³/mol. The molecular formula is C23H18ClF3N4O2. The van der Waals surface area contributed by atoms with Crippen molar-refractivity contribution in [1.29, 1.82) is 5.26 Å². The van der Waals surface area contributed by atoms with E-state index in [1.807, 2.05) is 42.6 Å². The number of alkyl halides is 3. The largest absolute Gasteiger partial charge is 0.480 e. The number of para-hydroxylation sites is 1. The average molecular weight is 475 g/mol. The highest BCUT2D eigenvalue weighted by Crippen LogP contribution is 2.35. The molecular weight excluding hydrogens is 457 g/mol. The van der Waals surface area contributed by atoms with Crippen LogP contribution in [0.25, 0.3) is 5.69 Å². The Balaban J connectivity index is 1.65. The van der Waals surface area contributed by atoms with Crippen LogP contribution in [0.5, 0.6) is 5.75 Å². The standard InChI is InChI=1S/C23H18ClF3N4O2/c1-14(23(25,26)27)33-19-8-7-15(11-28)21(24)20(19)22(32)30-10-9-18-16(12-30)13-31(29-18)17-5-3-2-4-6-17/h2-8,13-14H,9-10,12H2,1H3. The lowest BCUT2D eigenvalue weighted by atomic mass is 10.0. The molecule has 170 valence electrons. The second-order valence-corrected chi connectivity index (χ2v) is 7.95. The number of hydrogen-bond acceptors (Lipinski definition) is 4. The van der Waals surface area contributed by atoms with Gasteiger partial charge in [0.05, 0.1) is 22.0 Å². The third kappa shape index (κ3) is 4.52. The minimum absolute atomic E-state index is 0.0263. The van der Waals surface area contributed by atoms with Gasteiger partial charge in [0.25, 0.3) is 5.91 Å². The lowest BCUT2D eigenvalue weighted by molar-refractivity contribution is -0.189. The minimum atomic E-state index is -4.63. The number of aromatic nitrogens is 2. The molecule has 6 nitrogen and oxygen atoms in total. The van der Waals surface area contributed by atoms with Crippen LogP contribution in [0.15, 0.2) is 48.7 Å². The first-order chi connectivity index (χ1) is 15.7. The van der Waals surface area contributed by atoms with E-state index < -0.39 is 18.2 Å². The number of hydrogen-bond donors (Lipinski definition) is 0. The SMILES string of the molecule is CC(Oc1ccc(C#N)c(Cl)c1C(=O)N1CCc2nn(-c3ccccc3)cc2C1)C(F)(F)F. The van der Waals surface area contributed by atoms with Gasteiger partial charge < -0.3 is 9.64 Å². The summed E-state index contributed by atoms with van der Waals surface area (Å²) < 4.78 is 46.0. The number of nitriles is 1. The maximum atomic E-state index is 13.4. The molecule has 2 heterocycles. The fraction of sp³-hybridized carbons (Fsp3) is 0.261. The Kier molecular flexibility index (Phi) is 6.04. The molecule has 0 fully saturated rings. The Bertz CT molecular complexity index is 1230. The third-order valence-electron chi connectivity index (χ3n) is 5.37. The van der Waals surface area contributed by atoms with Crippen molar-refractivity contribution in [1.82, 2.24) is 14.7 Å². The van der Waals surface area contributed by atoms with Crippen LogP contribution in [-0.2, 0) is 13.0 Å². The van der Waals surface area contributed by atoms with Crippen LogP contribution in [0.1, 0.15) is 34.1 Å². The van der Waals surface area contributed by atoms with Gasteiger partial charge in [0.2, 0.25) is 0 Å². The highest BCUT2D eigenvalue weighted by atomic mass is 35.5. The molecule has 10 heteroatoms. The summed E-state index contributed by atoms with van der Waals surface area (Å²) in [4.78, 5) is 14.8. The topological polar surface area (TPSA) is 71.2 Å². The Labute approximate surface area is 192 Å². The number of carbonyl (C=O) groups excluding carboxylic acids is 1. The monoisotopic (exact) mass is 474 g/mol. The van der Waals surface area contributed by atoms with Crippen molar-refractivity contribution >= 4 is 17.5 Å². The summed E-state index contributed by atoms with van der Waals surface area (Å²) >= 11 is 6.26. The summed E-state index contributed by atoms with van der Waals surface area (Å²) in [6.07, 6.45) is -4.51. The van der Waals surface area contributed by atoms with Crippen LogP contribution in [0, 0.1) is 11.3 Å². The average Bonchev–Trinajstić information content (AvgIpc) is 3.22. The van der Waals surface area contributed by atoms with E-state index in [4.69, 9.17) is 16.3 Å². The summed E-state index contributed by atoms with van der Waals surface area (Å²) in [6, 6.07) is 13.7. The smallest absolute Gasteiger partial charge is 0.425 e. The van der Waals surface area contributed by atoms with Crippen molar-refractivity contribution in [3.05, 3.63) is 76.1 Å². The fourth-order valence-electron chi connectivity index (χ4n) is 3.56. The Morgan fingerprint density at radius 3 is 2.64 bits per heavy atom.